The van der Waals surface area contributed by atoms with Crippen molar-refractivity contribution in [2.75, 3.05) is 18.0 Å². The number of nitrogens with zero attached hydrogens (tertiary/aromatic N) is 3. The molecule has 2 N–H and O–H groups in total. The van der Waals surface area contributed by atoms with Crippen molar-refractivity contribution < 1.29 is 4.39 Å². The van der Waals surface area contributed by atoms with E-state index >= 15 is 0 Å². The van der Waals surface area contributed by atoms with Gasteiger partial charge in [-0.25, -0.2) is 14.4 Å². The molecule has 0 amide bonds. The van der Waals surface area contributed by atoms with Gasteiger partial charge in [0.15, 0.2) is 5.82 Å². The second-order valence-electron chi connectivity index (χ2n) is 3.20. The Hall–Kier alpha value is -0.940. The Labute approximate surface area is 87.7 Å². The van der Waals surface area contributed by atoms with Crippen LogP contribution in [0.4, 0.5) is 10.3 Å². The fraction of sp³-hybridized carbons (Fsp3) is 0.500. The van der Waals surface area contributed by atoms with Gasteiger partial charge in [0.2, 0.25) is 5.95 Å². The third kappa shape index (κ3) is 2.30. The summed E-state index contributed by atoms with van der Waals surface area (Å²) < 4.78 is 12.5. The van der Waals surface area contributed by atoms with Gasteiger partial charge in [0.1, 0.15) is 0 Å². The van der Waals surface area contributed by atoms with E-state index in [1.54, 1.807) is 0 Å². The van der Waals surface area contributed by atoms with E-state index in [1.807, 2.05) is 4.90 Å². The average molecular weight is 219 g/mol. The van der Waals surface area contributed by atoms with Crippen molar-refractivity contribution in [1.29, 1.82) is 0 Å². The summed E-state index contributed by atoms with van der Waals surface area (Å²) in [5.41, 5.74) is 5.72. The normalized spacial score (nSPS) is 20.7. The molecule has 1 atom stereocenters. The van der Waals surface area contributed by atoms with E-state index in [0.29, 0.717) is 5.95 Å². The number of hydrogen-bond donors (Lipinski definition) is 1. The second kappa shape index (κ2) is 4.52. The topological polar surface area (TPSA) is 55.0 Å². The highest BCUT2D eigenvalue weighted by Gasteiger charge is 2.20. The molecule has 1 saturated heterocycles. The van der Waals surface area contributed by atoms with Crippen LogP contribution in [0.3, 0.4) is 0 Å². The SMILES string of the molecule is Cl.N[C@@H]1CCN(c2ncc(F)cn2)C1. The van der Waals surface area contributed by atoms with Crippen LogP contribution in [0, 0.1) is 5.82 Å². The predicted molar refractivity (Wildman–Crippen MR) is 54.0 cm³/mol. The van der Waals surface area contributed by atoms with Gasteiger partial charge in [0.25, 0.3) is 0 Å². The molecule has 0 unspecified atom stereocenters. The maximum atomic E-state index is 12.5. The quantitative estimate of drug-likeness (QED) is 0.749. The summed E-state index contributed by atoms with van der Waals surface area (Å²) >= 11 is 0. The number of nitrogens with two attached hydrogens (primary N) is 1. The van der Waals surface area contributed by atoms with Crippen LogP contribution in [0.15, 0.2) is 12.4 Å². The van der Waals surface area contributed by atoms with Crippen LogP contribution in [0.25, 0.3) is 0 Å². The Morgan fingerprint density at radius 3 is 2.57 bits per heavy atom. The van der Waals surface area contributed by atoms with Crippen molar-refractivity contribution in [2.45, 2.75) is 12.5 Å². The Morgan fingerprint density at radius 2 is 2.07 bits per heavy atom. The predicted octanol–water partition coefficient (Wildman–Crippen LogP) is 0.575. The van der Waals surface area contributed by atoms with Crippen LogP contribution < -0.4 is 10.6 Å². The van der Waals surface area contributed by atoms with Crippen LogP contribution in [-0.4, -0.2) is 29.1 Å². The van der Waals surface area contributed by atoms with Gasteiger partial charge < -0.3 is 10.6 Å². The molecule has 2 heterocycles. The maximum absolute atomic E-state index is 12.5. The van der Waals surface area contributed by atoms with Crippen molar-refractivity contribution >= 4 is 18.4 Å². The summed E-state index contributed by atoms with van der Waals surface area (Å²) in [5.74, 6) is 0.154. The molecular formula is C8H12ClFN4. The number of anilines is 1. The molecule has 0 aromatic carbocycles. The monoisotopic (exact) mass is 218 g/mol. The summed E-state index contributed by atoms with van der Waals surface area (Å²) in [4.78, 5) is 9.72. The molecule has 1 fully saturated rings. The minimum Gasteiger partial charge on any atom is -0.339 e. The molecule has 4 nitrogen and oxygen atoms in total. The second-order valence-corrected chi connectivity index (χ2v) is 3.20. The van der Waals surface area contributed by atoms with Crippen LogP contribution in [-0.2, 0) is 0 Å². The summed E-state index contributed by atoms with van der Waals surface area (Å²) in [5, 5.41) is 0. The molecule has 78 valence electrons. The van der Waals surface area contributed by atoms with E-state index < -0.39 is 5.82 Å². The molecule has 2 rings (SSSR count). The number of aromatic nitrogens is 2. The van der Waals surface area contributed by atoms with Gasteiger partial charge in [-0.05, 0) is 6.42 Å². The Kier molecular flexibility index (Phi) is 3.60. The lowest BCUT2D eigenvalue weighted by molar-refractivity contribution is 0.612. The Bertz CT molecular complexity index is 292. The van der Waals surface area contributed by atoms with Crippen molar-refractivity contribution in [3.63, 3.8) is 0 Å². The Balaban J connectivity index is 0.000000980. The van der Waals surface area contributed by atoms with Gasteiger partial charge >= 0.3 is 0 Å². The lowest BCUT2D eigenvalue weighted by atomic mass is 10.3. The van der Waals surface area contributed by atoms with Crippen LogP contribution in [0.2, 0.25) is 0 Å². The summed E-state index contributed by atoms with van der Waals surface area (Å²) in [7, 11) is 0. The molecule has 1 aromatic heterocycles. The first-order chi connectivity index (χ1) is 6.25. The van der Waals surface area contributed by atoms with E-state index in [-0.39, 0.29) is 18.4 Å². The van der Waals surface area contributed by atoms with Crippen LogP contribution in [0.5, 0.6) is 0 Å². The van der Waals surface area contributed by atoms with Crippen molar-refractivity contribution in [1.82, 2.24) is 9.97 Å². The molecule has 1 aliphatic rings. The fourth-order valence-corrected chi connectivity index (χ4v) is 1.44. The van der Waals surface area contributed by atoms with Crippen molar-refractivity contribution in [3.05, 3.63) is 18.2 Å². The molecule has 0 spiro atoms. The smallest absolute Gasteiger partial charge is 0.225 e. The lowest BCUT2D eigenvalue weighted by Gasteiger charge is -2.14. The van der Waals surface area contributed by atoms with Gasteiger partial charge in [-0.3, -0.25) is 0 Å². The molecule has 0 radical (unpaired) electrons. The van der Waals surface area contributed by atoms with E-state index in [9.17, 15) is 4.39 Å². The van der Waals surface area contributed by atoms with E-state index in [4.69, 9.17) is 5.73 Å². The summed E-state index contributed by atoms with van der Waals surface area (Å²) in [6.45, 7) is 1.61. The first kappa shape index (κ1) is 11.1. The number of hydrogen-bond acceptors (Lipinski definition) is 4. The highest BCUT2D eigenvalue weighted by Crippen LogP contribution is 2.13. The van der Waals surface area contributed by atoms with E-state index in [0.717, 1.165) is 19.5 Å². The standard InChI is InChI=1S/C8H11FN4.ClH/c9-6-3-11-8(12-4-6)13-2-1-7(10)5-13;/h3-4,7H,1-2,5,10H2;1H/t7-;/m1./s1. The molecule has 0 saturated carbocycles. The van der Waals surface area contributed by atoms with Crippen molar-refractivity contribution in [3.8, 4) is 0 Å². The van der Waals surface area contributed by atoms with Gasteiger partial charge in [-0.1, -0.05) is 0 Å². The molecule has 1 aliphatic heterocycles. The molecule has 6 heteroatoms. The third-order valence-electron chi connectivity index (χ3n) is 2.11. The molecule has 14 heavy (non-hydrogen) atoms. The lowest BCUT2D eigenvalue weighted by Crippen LogP contribution is -2.27. The Morgan fingerprint density at radius 1 is 1.43 bits per heavy atom. The zero-order chi connectivity index (χ0) is 9.26. The maximum Gasteiger partial charge on any atom is 0.225 e. The zero-order valence-corrected chi connectivity index (χ0v) is 8.38. The molecule has 0 aliphatic carbocycles. The number of halogens is 2. The highest BCUT2D eigenvalue weighted by atomic mass is 35.5. The highest BCUT2D eigenvalue weighted by molar-refractivity contribution is 5.85. The van der Waals surface area contributed by atoms with Gasteiger partial charge in [0, 0.05) is 19.1 Å². The van der Waals surface area contributed by atoms with Crippen LogP contribution in [0.1, 0.15) is 6.42 Å². The molecule has 0 bridgehead atoms. The largest absolute Gasteiger partial charge is 0.339 e. The van der Waals surface area contributed by atoms with Gasteiger partial charge in [-0.2, -0.15) is 0 Å². The first-order valence-corrected chi connectivity index (χ1v) is 4.24. The molecule has 1 aromatic rings. The van der Waals surface area contributed by atoms with E-state index in [1.165, 1.54) is 12.4 Å². The minimum absolute atomic E-state index is 0. The zero-order valence-electron chi connectivity index (χ0n) is 7.56. The minimum atomic E-state index is -0.410. The molecular weight excluding hydrogens is 207 g/mol. The number of rotatable bonds is 1. The van der Waals surface area contributed by atoms with Gasteiger partial charge in [0.05, 0.1) is 12.4 Å². The van der Waals surface area contributed by atoms with Gasteiger partial charge in [-0.15, -0.1) is 12.4 Å². The van der Waals surface area contributed by atoms with E-state index in [2.05, 4.69) is 9.97 Å². The summed E-state index contributed by atoms with van der Waals surface area (Å²) in [6, 6.07) is 0.189. The fourth-order valence-electron chi connectivity index (χ4n) is 1.44. The van der Waals surface area contributed by atoms with Crippen molar-refractivity contribution in [2.24, 2.45) is 5.73 Å². The third-order valence-corrected chi connectivity index (χ3v) is 2.11. The first-order valence-electron chi connectivity index (χ1n) is 4.24. The average Bonchev–Trinajstić information content (AvgIpc) is 2.53. The summed E-state index contributed by atoms with van der Waals surface area (Å²) in [6.07, 6.45) is 3.29. The van der Waals surface area contributed by atoms with Crippen LogP contribution >= 0.6 is 12.4 Å².